The lowest BCUT2D eigenvalue weighted by Gasteiger charge is -2.34. The monoisotopic (exact) mass is 216 g/mol. The van der Waals surface area contributed by atoms with Crippen molar-refractivity contribution in [2.45, 2.75) is 51.0 Å². The van der Waals surface area contributed by atoms with E-state index in [4.69, 9.17) is 5.73 Å². The molecule has 1 fully saturated rings. The summed E-state index contributed by atoms with van der Waals surface area (Å²) in [6.45, 7) is 2.53. The molecule has 0 spiro atoms. The molecule has 0 atom stereocenters. The van der Waals surface area contributed by atoms with Crippen molar-refractivity contribution in [3.63, 3.8) is 0 Å². The van der Waals surface area contributed by atoms with Crippen molar-refractivity contribution in [3.05, 3.63) is 0 Å². The Bertz CT molecular complexity index is 139. The van der Waals surface area contributed by atoms with Gasteiger partial charge in [-0.05, 0) is 38.8 Å². The third-order valence-corrected chi connectivity index (χ3v) is 3.32. The molecule has 1 rings (SSSR count). The van der Waals surface area contributed by atoms with Crippen LogP contribution in [0.1, 0.15) is 44.9 Å². The number of halogens is 1. The topological polar surface area (TPSA) is 29.3 Å². The summed E-state index contributed by atoms with van der Waals surface area (Å²) >= 11 is 0. The molecule has 0 heterocycles. The molecule has 3 heteroatoms. The first-order chi connectivity index (χ1) is 7.38. The molecule has 0 amide bonds. The van der Waals surface area contributed by atoms with Gasteiger partial charge < -0.3 is 10.6 Å². The summed E-state index contributed by atoms with van der Waals surface area (Å²) in [6, 6.07) is 0.705. The molecule has 0 aromatic carbocycles. The Labute approximate surface area is 93.0 Å². The maximum absolute atomic E-state index is 12.2. The van der Waals surface area contributed by atoms with Crippen LogP contribution in [0.25, 0.3) is 0 Å². The van der Waals surface area contributed by atoms with Gasteiger partial charge in [0.2, 0.25) is 0 Å². The fourth-order valence-corrected chi connectivity index (χ4v) is 2.48. The lowest BCUT2D eigenvalue weighted by Crippen LogP contribution is -2.39. The minimum atomic E-state index is -0.189. The van der Waals surface area contributed by atoms with E-state index in [-0.39, 0.29) is 6.67 Å². The van der Waals surface area contributed by atoms with Gasteiger partial charge in [-0.2, -0.15) is 0 Å². The van der Waals surface area contributed by atoms with Crippen molar-refractivity contribution < 1.29 is 4.39 Å². The van der Waals surface area contributed by atoms with E-state index >= 15 is 0 Å². The second-order valence-corrected chi connectivity index (χ2v) is 4.51. The van der Waals surface area contributed by atoms with Gasteiger partial charge in [-0.1, -0.05) is 19.3 Å². The zero-order chi connectivity index (χ0) is 10.9. The van der Waals surface area contributed by atoms with Crippen LogP contribution in [0.5, 0.6) is 0 Å². The summed E-state index contributed by atoms with van der Waals surface area (Å²) in [5.41, 5.74) is 5.53. The maximum Gasteiger partial charge on any atom is 0.0906 e. The Kier molecular flexibility index (Phi) is 6.94. The van der Waals surface area contributed by atoms with Crippen LogP contribution in [0.4, 0.5) is 4.39 Å². The van der Waals surface area contributed by atoms with Crippen LogP contribution in [-0.2, 0) is 0 Å². The van der Waals surface area contributed by atoms with Gasteiger partial charge in [-0.15, -0.1) is 0 Å². The maximum atomic E-state index is 12.2. The highest BCUT2D eigenvalue weighted by molar-refractivity contribution is 4.75. The lowest BCUT2D eigenvalue weighted by atomic mass is 9.94. The first kappa shape index (κ1) is 12.9. The molecular formula is C12H25FN2. The lowest BCUT2D eigenvalue weighted by molar-refractivity contribution is 0.149. The Hall–Kier alpha value is -0.150. The Morgan fingerprint density at radius 3 is 2.33 bits per heavy atom. The molecular weight excluding hydrogens is 191 g/mol. The minimum absolute atomic E-state index is 0.189. The Balaban J connectivity index is 2.30. The molecule has 15 heavy (non-hydrogen) atoms. The second-order valence-electron chi connectivity index (χ2n) is 4.51. The van der Waals surface area contributed by atoms with Gasteiger partial charge in [-0.3, -0.25) is 4.39 Å². The van der Waals surface area contributed by atoms with Crippen molar-refractivity contribution in [3.8, 4) is 0 Å². The van der Waals surface area contributed by atoms with E-state index in [1.54, 1.807) is 0 Å². The van der Waals surface area contributed by atoms with Gasteiger partial charge in [0, 0.05) is 12.6 Å². The molecule has 0 saturated heterocycles. The van der Waals surface area contributed by atoms with Crippen molar-refractivity contribution in [1.29, 1.82) is 0 Å². The number of nitrogens with zero attached hydrogens (tertiary/aromatic N) is 1. The zero-order valence-corrected chi connectivity index (χ0v) is 9.76. The number of hydrogen-bond acceptors (Lipinski definition) is 2. The van der Waals surface area contributed by atoms with E-state index in [0.29, 0.717) is 12.5 Å². The van der Waals surface area contributed by atoms with Crippen LogP contribution in [-0.4, -0.2) is 37.3 Å². The molecule has 0 aromatic rings. The van der Waals surface area contributed by atoms with Gasteiger partial charge in [0.05, 0.1) is 6.67 Å². The SMILES string of the molecule is NCCCN(CCCF)C1CCCCC1. The predicted octanol–water partition coefficient (Wildman–Crippen LogP) is 2.33. The predicted molar refractivity (Wildman–Crippen MR) is 62.7 cm³/mol. The number of nitrogens with two attached hydrogens (primary N) is 1. The van der Waals surface area contributed by atoms with Crippen LogP contribution in [0, 0.1) is 0 Å². The van der Waals surface area contributed by atoms with Crippen molar-refractivity contribution in [2.75, 3.05) is 26.3 Å². The summed E-state index contributed by atoms with van der Waals surface area (Å²) < 4.78 is 12.2. The van der Waals surface area contributed by atoms with Crippen LogP contribution in [0.3, 0.4) is 0 Å². The van der Waals surface area contributed by atoms with Crippen LogP contribution >= 0.6 is 0 Å². The van der Waals surface area contributed by atoms with Gasteiger partial charge in [0.1, 0.15) is 0 Å². The Morgan fingerprint density at radius 1 is 1.07 bits per heavy atom. The summed E-state index contributed by atoms with van der Waals surface area (Å²) in [5, 5.41) is 0. The summed E-state index contributed by atoms with van der Waals surface area (Å²) in [4.78, 5) is 2.46. The molecule has 0 bridgehead atoms. The molecule has 0 radical (unpaired) electrons. The number of hydrogen-bond donors (Lipinski definition) is 1. The summed E-state index contributed by atoms with van der Waals surface area (Å²) in [7, 11) is 0. The van der Waals surface area contributed by atoms with Crippen LogP contribution in [0.2, 0.25) is 0 Å². The number of rotatable bonds is 7. The molecule has 0 aliphatic heterocycles. The van der Waals surface area contributed by atoms with Gasteiger partial charge in [0.15, 0.2) is 0 Å². The molecule has 2 N–H and O–H groups in total. The van der Waals surface area contributed by atoms with Crippen molar-refractivity contribution >= 4 is 0 Å². The van der Waals surface area contributed by atoms with E-state index in [1.165, 1.54) is 32.1 Å². The normalized spacial score (nSPS) is 18.6. The van der Waals surface area contributed by atoms with Crippen LogP contribution < -0.4 is 5.73 Å². The highest BCUT2D eigenvalue weighted by atomic mass is 19.1. The molecule has 0 aromatic heterocycles. The first-order valence-electron chi connectivity index (χ1n) is 6.38. The molecule has 1 saturated carbocycles. The average molecular weight is 216 g/mol. The smallest absolute Gasteiger partial charge is 0.0906 e. The molecule has 1 aliphatic rings. The van der Waals surface area contributed by atoms with Gasteiger partial charge in [-0.25, -0.2) is 0 Å². The standard InChI is InChI=1S/C12H25FN2/c13-8-4-10-15(11-5-9-14)12-6-2-1-3-7-12/h12H,1-11,14H2. The Morgan fingerprint density at radius 2 is 1.73 bits per heavy atom. The third kappa shape index (κ3) is 4.94. The summed E-state index contributed by atoms with van der Waals surface area (Å²) in [5.74, 6) is 0. The molecule has 90 valence electrons. The fourth-order valence-electron chi connectivity index (χ4n) is 2.48. The largest absolute Gasteiger partial charge is 0.330 e. The van der Waals surface area contributed by atoms with E-state index in [2.05, 4.69) is 4.90 Å². The fraction of sp³-hybridized carbons (Fsp3) is 1.00. The van der Waals surface area contributed by atoms with Crippen LogP contribution in [0.15, 0.2) is 0 Å². The highest BCUT2D eigenvalue weighted by Gasteiger charge is 2.19. The van der Waals surface area contributed by atoms with Gasteiger partial charge in [0.25, 0.3) is 0 Å². The molecule has 2 nitrogen and oxygen atoms in total. The van der Waals surface area contributed by atoms with Crippen molar-refractivity contribution in [2.24, 2.45) is 5.73 Å². The molecule has 1 aliphatic carbocycles. The minimum Gasteiger partial charge on any atom is -0.330 e. The first-order valence-corrected chi connectivity index (χ1v) is 6.38. The van der Waals surface area contributed by atoms with Crippen molar-refractivity contribution in [1.82, 2.24) is 4.90 Å². The van der Waals surface area contributed by atoms with E-state index in [0.717, 1.165) is 26.1 Å². The quantitative estimate of drug-likeness (QED) is 0.707. The highest BCUT2D eigenvalue weighted by Crippen LogP contribution is 2.22. The summed E-state index contributed by atoms with van der Waals surface area (Å²) in [6.07, 6.45) is 8.40. The number of alkyl halides is 1. The van der Waals surface area contributed by atoms with E-state index in [9.17, 15) is 4.39 Å². The van der Waals surface area contributed by atoms with E-state index < -0.39 is 0 Å². The second kappa shape index (κ2) is 8.05. The zero-order valence-electron chi connectivity index (χ0n) is 9.76. The average Bonchev–Trinajstić information content (AvgIpc) is 2.30. The van der Waals surface area contributed by atoms with E-state index in [1.807, 2.05) is 0 Å². The third-order valence-electron chi connectivity index (χ3n) is 3.32. The van der Waals surface area contributed by atoms with Gasteiger partial charge >= 0.3 is 0 Å². The molecule has 0 unspecified atom stereocenters.